The molecule has 2 aromatic rings. The van der Waals surface area contributed by atoms with Crippen LogP contribution in [-0.2, 0) is 0 Å². The normalized spacial score (nSPS) is 10.2. The molecule has 0 atom stereocenters. The number of thiocarbonyl (C=S) groups is 1. The Bertz CT molecular complexity index is 659. The summed E-state index contributed by atoms with van der Waals surface area (Å²) in [5, 5.41) is 5.78. The van der Waals surface area contributed by atoms with E-state index in [1.165, 1.54) is 18.2 Å². The summed E-state index contributed by atoms with van der Waals surface area (Å²) >= 11 is 5.05. The number of benzene rings is 2. The maximum Gasteiger partial charge on any atom is 0.175 e. The predicted octanol–water partition coefficient (Wildman–Crippen LogP) is 4.22. The summed E-state index contributed by atoms with van der Waals surface area (Å²) in [6.07, 6.45) is 0. The Morgan fingerprint density at radius 2 is 1.70 bits per heavy atom. The number of halogens is 3. The number of anilines is 2. The lowest BCUT2D eigenvalue weighted by Gasteiger charge is -2.12. The zero-order chi connectivity index (χ0) is 14.7. The van der Waals surface area contributed by atoms with E-state index in [4.69, 9.17) is 12.2 Å². The maximum absolute atomic E-state index is 13.0. The average Bonchev–Trinajstić information content (AvgIpc) is 2.37. The van der Waals surface area contributed by atoms with Crippen LogP contribution in [0.1, 0.15) is 5.56 Å². The van der Waals surface area contributed by atoms with Crippen LogP contribution in [0.2, 0.25) is 0 Å². The number of rotatable bonds is 2. The largest absolute Gasteiger partial charge is 0.332 e. The molecular weight excluding hydrogens is 285 g/mol. The van der Waals surface area contributed by atoms with Crippen molar-refractivity contribution in [2.24, 2.45) is 0 Å². The minimum atomic E-state index is -0.962. The van der Waals surface area contributed by atoms with E-state index in [-0.39, 0.29) is 10.9 Å². The first-order chi connectivity index (χ1) is 9.45. The van der Waals surface area contributed by atoms with Gasteiger partial charge in [0.15, 0.2) is 16.7 Å². The van der Waals surface area contributed by atoms with Gasteiger partial charge in [0.1, 0.15) is 5.82 Å². The summed E-state index contributed by atoms with van der Waals surface area (Å²) in [6, 6.07) is 7.58. The van der Waals surface area contributed by atoms with E-state index in [2.05, 4.69) is 10.6 Å². The molecule has 0 aromatic heterocycles. The van der Waals surface area contributed by atoms with Crippen molar-refractivity contribution in [3.63, 3.8) is 0 Å². The first-order valence-electron chi connectivity index (χ1n) is 5.75. The smallest absolute Gasteiger partial charge is 0.175 e. The summed E-state index contributed by atoms with van der Waals surface area (Å²) in [6.45, 7) is 1.73. The molecule has 0 saturated heterocycles. The van der Waals surface area contributed by atoms with Gasteiger partial charge in [-0.05, 0) is 55.0 Å². The fourth-order valence-corrected chi connectivity index (χ4v) is 1.85. The minimum absolute atomic E-state index is 0.200. The molecule has 0 fully saturated rings. The second-order valence-electron chi connectivity index (χ2n) is 4.17. The highest BCUT2D eigenvalue weighted by Crippen LogP contribution is 2.17. The van der Waals surface area contributed by atoms with Crippen LogP contribution in [0.15, 0.2) is 36.4 Å². The second kappa shape index (κ2) is 5.92. The molecule has 20 heavy (non-hydrogen) atoms. The van der Waals surface area contributed by atoms with Crippen molar-refractivity contribution in [1.29, 1.82) is 0 Å². The van der Waals surface area contributed by atoms with Crippen LogP contribution in [0.25, 0.3) is 0 Å². The van der Waals surface area contributed by atoms with Gasteiger partial charge in [0.25, 0.3) is 0 Å². The first-order valence-corrected chi connectivity index (χ1v) is 6.16. The van der Waals surface area contributed by atoms with Gasteiger partial charge in [0.2, 0.25) is 0 Å². The van der Waals surface area contributed by atoms with Crippen LogP contribution in [0.5, 0.6) is 0 Å². The molecule has 0 radical (unpaired) electrons. The Morgan fingerprint density at radius 3 is 2.35 bits per heavy atom. The monoisotopic (exact) mass is 296 g/mol. The van der Waals surface area contributed by atoms with E-state index in [0.717, 1.165) is 12.1 Å². The van der Waals surface area contributed by atoms with Crippen LogP contribution in [0, 0.1) is 24.4 Å². The zero-order valence-electron chi connectivity index (χ0n) is 10.5. The highest BCUT2D eigenvalue weighted by molar-refractivity contribution is 7.80. The van der Waals surface area contributed by atoms with E-state index in [1.807, 2.05) is 0 Å². The molecule has 0 aliphatic heterocycles. The Morgan fingerprint density at radius 1 is 0.950 bits per heavy atom. The Kier molecular flexibility index (Phi) is 4.24. The SMILES string of the molecule is Cc1cc(F)ccc1NC(=S)Nc1ccc(F)c(F)c1. The third-order valence-electron chi connectivity index (χ3n) is 2.61. The molecule has 0 saturated carbocycles. The molecule has 104 valence electrons. The molecule has 2 aromatic carbocycles. The van der Waals surface area contributed by atoms with E-state index in [0.29, 0.717) is 16.9 Å². The Balaban J connectivity index is 2.07. The molecule has 6 heteroatoms. The average molecular weight is 296 g/mol. The van der Waals surface area contributed by atoms with Gasteiger partial charge in [-0.15, -0.1) is 0 Å². The van der Waals surface area contributed by atoms with Crippen molar-refractivity contribution in [2.45, 2.75) is 6.92 Å². The summed E-state index contributed by atoms with van der Waals surface area (Å²) in [4.78, 5) is 0. The highest BCUT2D eigenvalue weighted by atomic mass is 32.1. The topological polar surface area (TPSA) is 24.1 Å². The molecule has 0 bridgehead atoms. The molecule has 0 spiro atoms. The maximum atomic E-state index is 13.0. The van der Waals surface area contributed by atoms with Crippen LogP contribution >= 0.6 is 12.2 Å². The summed E-state index contributed by atoms with van der Waals surface area (Å²) in [5.41, 5.74) is 1.63. The quantitative estimate of drug-likeness (QED) is 0.811. The van der Waals surface area contributed by atoms with Crippen LogP contribution in [0.4, 0.5) is 24.5 Å². The van der Waals surface area contributed by atoms with Gasteiger partial charge in [-0.25, -0.2) is 13.2 Å². The predicted molar refractivity (Wildman–Crippen MR) is 77.3 cm³/mol. The molecule has 2 N–H and O–H groups in total. The van der Waals surface area contributed by atoms with Crippen molar-refractivity contribution in [2.75, 3.05) is 10.6 Å². The molecule has 0 amide bonds. The van der Waals surface area contributed by atoms with Gasteiger partial charge in [-0.2, -0.15) is 0 Å². The second-order valence-corrected chi connectivity index (χ2v) is 4.58. The van der Waals surface area contributed by atoms with Crippen molar-refractivity contribution >= 4 is 28.7 Å². The van der Waals surface area contributed by atoms with E-state index in [1.54, 1.807) is 13.0 Å². The van der Waals surface area contributed by atoms with Gasteiger partial charge >= 0.3 is 0 Å². The third kappa shape index (κ3) is 3.48. The molecule has 2 nitrogen and oxygen atoms in total. The lowest BCUT2D eigenvalue weighted by molar-refractivity contribution is 0.509. The van der Waals surface area contributed by atoms with Crippen LogP contribution < -0.4 is 10.6 Å². The van der Waals surface area contributed by atoms with E-state index in [9.17, 15) is 13.2 Å². The Labute approximate surface area is 119 Å². The number of nitrogens with one attached hydrogen (secondary N) is 2. The van der Waals surface area contributed by atoms with Crippen molar-refractivity contribution in [1.82, 2.24) is 0 Å². The fourth-order valence-electron chi connectivity index (χ4n) is 1.63. The number of hydrogen-bond donors (Lipinski definition) is 2. The summed E-state index contributed by atoms with van der Waals surface area (Å²) < 4.78 is 38.8. The van der Waals surface area contributed by atoms with Crippen LogP contribution in [0.3, 0.4) is 0 Å². The van der Waals surface area contributed by atoms with Gasteiger partial charge in [0.05, 0.1) is 0 Å². The fraction of sp³-hybridized carbons (Fsp3) is 0.0714. The highest BCUT2D eigenvalue weighted by Gasteiger charge is 2.05. The summed E-state index contributed by atoms with van der Waals surface area (Å²) in [5.74, 6) is -2.23. The molecule has 0 unspecified atom stereocenters. The van der Waals surface area contributed by atoms with E-state index >= 15 is 0 Å². The standard InChI is InChI=1S/C14H11F3N2S/c1-8-6-9(15)2-5-13(8)19-14(20)18-10-3-4-11(16)12(17)7-10/h2-7H,1H3,(H2,18,19,20). The van der Waals surface area contributed by atoms with Gasteiger partial charge in [-0.1, -0.05) is 0 Å². The van der Waals surface area contributed by atoms with Crippen molar-refractivity contribution in [3.05, 3.63) is 59.4 Å². The van der Waals surface area contributed by atoms with Crippen LogP contribution in [-0.4, -0.2) is 5.11 Å². The van der Waals surface area contributed by atoms with Gasteiger partial charge in [0, 0.05) is 17.4 Å². The van der Waals surface area contributed by atoms with Crippen molar-refractivity contribution < 1.29 is 13.2 Å². The lowest BCUT2D eigenvalue weighted by atomic mass is 10.2. The third-order valence-corrected chi connectivity index (χ3v) is 2.82. The summed E-state index contributed by atoms with van der Waals surface area (Å²) in [7, 11) is 0. The molecule has 0 aliphatic rings. The zero-order valence-corrected chi connectivity index (χ0v) is 11.3. The lowest BCUT2D eigenvalue weighted by Crippen LogP contribution is -2.19. The molecule has 2 rings (SSSR count). The van der Waals surface area contributed by atoms with E-state index < -0.39 is 11.6 Å². The number of hydrogen-bond acceptors (Lipinski definition) is 1. The number of aryl methyl sites for hydroxylation is 1. The van der Waals surface area contributed by atoms with Gasteiger partial charge < -0.3 is 10.6 Å². The molecular formula is C14H11F3N2S. The molecule has 0 aliphatic carbocycles. The van der Waals surface area contributed by atoms with Gasteiger partial charge in [-0.3, -0.25) is 0 Å². The Hall–Kier alpha value is -2.08. The minimum Gasteiger partial charge on any atom is -0.332 e. The molecule has 0 heterocycles. The first kappa shape index (κ1) is 14.3. The van der Waals surface area contributed by atoms with Crippen molar-refractivity contribution in [3.8, 4) is 0 Å².